The molecule has 1 aromatic carbocycles. The first-order valence-corrected chi connectivity index (χ1v) is 15.3. The first-order chi connectivity index (χ1) is 19.5. The zero-order chi connectivity index (χ0) is 29.1. The molecule has 6 rings (SSSR count). The van der Waals surface area contributed by atoms with Crippen LogP contribution in [0.25, 0.3) is 32.8 Å². The molecule has 0 radical (unpaired) electrons. The molecule has 41 heavy (non-hydrogen) atoms. The summed E-state index contributed by atoms with van der Waals surface area (Å²) in [7, 11) is 3.64. The summed E-state index contributed by atoms with van der Waals surface area (Å²) in [6.45, 7) is 9.72. The molecule has 1 atom stereocenters. The second-order valence-corrected chi connectivity index (χ2v) is 13.7. The van der Waals surface area contributed by atoms with Gasteiger partial charge in [0.2, 0.25) is 0 Å². The van der Waals surface area contributed by atoms with E-state index < -0.39 is 11.7 Å². The Morgan fingerprint density at radius 1 is 1.15 bits per heavy atom. The number of carbonyl (C=O) groups excluding carboxylic acids is 2. The summed E-state index contributed by atoms with van der Waals surface area (Å²) in [5.74, 6) is 2.11. The smallest absolute Gasteiger partial charge is 0.407 e. The summed E-state index contributed by atoms with van der Waals surface area (Å²) in [5.41, 5.74) is 2.64. The highest BCUT2D eigenvalue weighted by Gasteiger charge is 2.30. The van der Waals surface area contributed by atoms with Gasteiger partial charge >= 0.3 is 6.09 Å². The van der Waals surface area contributed by atoms with Gasteiger partial charge in [0.05, 0.1) is 18.3 Å². The monoisotopic (exact) mass is 577 g/mol. The van der Waals surface area contributed by atoms with Crippen LogP contribution in [0.1, 0.15) is 61.7 Å². The van der Waals surface area contributed by atoms with Crippen LogP contribution in [0, 0.1) is 12.8 Å². The molecule has 2 aliphatic rings. The maximum absolute atomic E-state index is 13.7. The van der Waals surface area contributed by atoms with Crippen LogP contribution < -0.4 is 10.1 Å². The zero-order valence-corrected chi connectivity index (χ0v) is 25.6. The predicted molar refractivity (Wildman–Crippen MR) is 162 cm³/mol. The van der Waals surface area contributed by atoms with Gasteiger partial charge in [-0.1, -0.05) is 0 Å². The summed E-state index contributed by atoms with van der Waals surface area (Å²) < 4.78 is 15.7. The fraction of sp³-hybridized carbons (Fsp3) is 0.516. The van der Waals surface area contributed by atoms with Crippen LogP contribution in [-0.2, 0) is 18.3 Å². The van der Waals surface area contributed by atoms with Gasteiger partial charge in [0.1, 0.15) is 21.7 Å². The maximum atomic E-state index is 13.7. The Kier molecular flexibility index (Phi) is 7.00. The molecule has 1 N–H and O–H groups in total. The number of piperidine rings is 1. The Labute approximate surface area is 244 Å². The first kappa shape index (κ1) is 27.6. The number of likely N-dealkylation sites (tertiary alicyclic amines) is 1. The van der Waals surface area contributed by atoms with Crippen LogP contribution in [0.3, 0.4) is 0 Å². The van der Waals surface area contributed by atoms with Gasteiger partial charge in [-0.2, -0.15) is 0 Å². The molecule has 4 aromatic rings. The second-order valence-electron chi connectivity index (χ2n) is 12.5. The third-order valence-electron chi connectivity index (χ3n) is 7.89. The molecule has 1 saturated carbocycles. The fourth-order valence-electron chi connectivity index (χ4n) is 5.85. The summed E-state index contributed by atoms with van der Waals surface area (Å²) in [6, 6.07) is 8.01. The number of methoxy groups -OCH3 is 1. The maximum Gasteiger partial charge on any atom is 0.407 e. The molecule has 1 aliphatic carbocycles. The van der Waals surface area contributed by atoms with Crippen molar-refractivity contribution in [3.05, 3.63) is 34.7 Å². The number of nitrogens with zero attached hydrogens (tertiary/aromatic N) is 4. The second kappa shape index (κ2) is 10.4. The quantitative estimate of drug-likeness (QED) is 0.299. The minimum absolute atomic E-state index is 0.0961. The van der Waals surface area contributed by atoms with Gasteiger partial charge < -0.3 is 28.8 Å². The standard InChI is InChI=1S/C31H39N5O4S/c1-18-12-21-14-24(36(29(21)41-18)16-19-9-10-19)27-33-23-13-20(15-25(39-6)26(23)34(27)5)28(37)35-11-7-8-22(17-35)32-30(38)40-31(2,3)4/h12-15,19,22H,7-11,16-17H2,1-6H3,(H,32,38)/t22-/m1/s1. The minimum atomic E-state index is -0.574. The molecule has 0 spiro atoms. The van der Waals surface area contributed by atoms with E-state index in [4.69, 9.17) is 14.5 Å². The number of aryl methyl sites for hydroxylation is 2. The molecular weight excluding hydrogens is 538 g/mol. The minimum Gasteiger partial charge on any atom is -0.494 e. The van der Waals surface area contributed by atoms with Crippen molar-refractivity contribution in [1.82, 2.24) is 24.3 Å². The molecule has 4 heterocycles. The lowest BCUT2D eigenvalue weighted by molar-refractivity contribution is 0.0452. The van der Waals surface area contributed by atoms with Gasteiger partial charge in [0.25, 0.3) is 5.91 Å². The number of amides is 2. The van der Waals surface area contributed by atoms with Crippen molar-refractivity contribution in [3.8, 4) is 17.3 Å². The van der Waals surface area contributed by atoms with E-state index in [0.29, 0.717) is 24.4 Å². The highest BCUT2D eigenvalue weighted by molar-refractivity contribution is 7.18. The van der Waals surface area contributed by atoms with Gasteiger partial charge in [0, 0.05) is 48.6 Å². The summed E-state index contributed by atoms with van der Waals surface area (Å²) in [5, 5.41) is 4.18. The van der Waals surface area contributed by atoms with E-state index in [1.54, 1.807) is 12.0 Å². The lowest BCUT2D eigenvalue weighted by Gasteiger charge is -2.33. The van der Waals surface area contributed by atoms with Gasteiger partial charge in [-0.25, -0.2) is 9.78 Å². The SMILES string of the molecule is COc1cc(C(=O)N2CCC[C@@H](NC(=O)OC(C)(C)C)C2)cc2nc(-c3cc4cc(C)sc4n3CC3CC3)n(C)c12. The van der Waals surface area contributed by atoms with E-state index in [9.17, 15) is 9.59 Å². The zero-order valence-electron chi connectivity index (χ0n) is 24.7. The number of nitrogens with one attached hydrogen (secondary N) is 1. The molecule has 3 aromatic heterocycles. The average Bonchev–Trinajstić information content (AvgIpc) is 3.46. The molecule has 2 amide bonds. The van der Waals surface area contributed by atoms with Crippen molar-refractivity contribution in [2.24, 2.45) is 13.0 Å². The Hall–Kier alpha value is -3.53. The highest BCUT2D eigenvalue weighted by atomic mass is 32.1. The number of aromatic nitrogens is 3. The van der Waals surface area contributed by atoms with E-state index >= 15 is 0 Å². The number of thiophene rings is 1. The largest absolute Gasteiger partial charge is 0.494 e. The Morgan fingerprint density at radius 2 is 1.93 bits per heavy atom. The average molecular weight is 578 g/mol. The van der Waals surface area contributed by atoms with Crippen LogP contribution in [0.4, 0.5) is 4.79 Å². The number of hydrogen-bond donors (Lipinski definition) is 1. The molecule has 1 saturated heterocycles. The Balaban J connectivity index is 1.31. The third-order valence-corrected chi connectivity index (χ3v) is 8.98. The van der Waals surface area contributed by atoms with E-state index in [1.165, 1.54) is 27.9 Å². The molecule has 10 heteroatoms. The van der Waals surface area contributed by atoms with E-state index in [2.05, 4.69) is 33.5 Å². The lowest BCUT2D eigenvalue weighted by atomic mass is 10.0. The number of hydrogen-bond acceptors (Lipinski definition) is 6. The summed E-state index contributed by atoms with van der Waals surface area (Å²) >= 11 is 1.83. The normalized spacial score (nSPS) is 17.8. The van der Waals surface area contributed by atoms with Crippen LogP contribution in [0.15, 0.2) is 24.3 Å². The molecule has 0 bridgehead atoms. The van der Waals surface area contributed by atoms with E-state index in [1.807, 2.05) is 51.3 Å². The number of ether oxygens (including phenoxy) is 2. The molecule has 218 valence electrons. The van der Waals surface area contributed by atoms with E-state index in [0.717, 1.165) is 47.9 Å². The molecular formula is C31H39N5O4S. The summed E-state index contributed by atoms with van der Waals surface area (Å²) in [6.07, 6.45) is 3.69. The Bertz CT molecular complexity index is 1640. The van der Waals surface area contributed by atoms with Crippen LogP contribution >= 0.6 is 11.3 Å². The highest BCUT2D eigenvalue weighted by Crippen LogP contribution is 2.40. The van der Waals surface area contributed by atoms with Crippen molar-refractivity contribution in [1.29, 1.82) is 0 Å². The predicted octanol–water partition coefficient (Wildman–Crippen LogP) is 6.11. The molecule has 0 unspecified atom stereocenters. The van der Waals surface area contributed by atoms with Crippen molar-refractivity contribution in [3.63, 3.8) is 0 Å². The van der Waals surface area contributed by atoms with Crippen molar-refractivity contribution in [2.45, 2.75) is 71.6 Å². The molecule has 1 aliphatic heterocycles. The molecule has 9 nitrogen and oxygen atoms in total. The number of carbonyl (C=O) groups is 2. The van der Waals surface area contributed by atoms with E-state index in [-0.39, 0.29) is 11.9 Å². The van der Waals surface area contributed by atoms with Crippen LogP contribution in [0.2, 0.25) is 0 Å². The number of rotatable bonds is 6. The van der Waals surface area contributed by atoms with Gasteiger partial charge in [-0.3, -0.25) is 4.79 Å². The van der Waals surface area contributed by atoms with Gasteiger partial charge in [-0.15, -0.1) is 11.3 Å². The number of imidazole rings is 1. The van der Waals surface area contributed by atoms with Crippen LogP contribution in [-0.4, -0.2) is 62.9 Å². The van der Waals surface area contributed by atoms with Crippen LogP contribution in [0.5, 0.6) is 5.75 Å². The fourth-order valence-corrected chi connectivity index (χ4v) is 6.86. The Morgan fingerprint density at radius 3 is 2.63 bits per heavy atom. The van der Waals surface area contributed by atoms with Gasteiger partial charge in [0.15, 0.2) is 5.82 Å². The number of benzene rings is 1. The first-order valence-electron chi connectivity index (χ1n) is 14.4. The van der Waals surface area contributed by atoms with Crippen molar-refractivity contribution in [2.75, 3.05) is 20.2 Å². The lowest BCUT2D eigenvalue weighted by Crippen LogP contribution is -2.50. The van der Waals surface area contributed by atoms with Gasteiger partial charge in [-0.05, 0) is 83.6 Å². The summed E-state index contributed by atoms with van der Waals surface area (Å²) in [4.78, 5) is 35.5. The topological polar surface area (TPSA) is 90.6 Å². The third kappa shape index (κ3) is 5.54. The molecule has 2 fully saturated rings. The van der Waals surface area contributed by atoms with Crippen molar-refractivity contribution >= 4 is 44.6 Å². The number of fused-ring (bicyclic) bond motifs is 2. The van der Waals surface area contributed by atoms with Crippen molar-refractivity contribution < 1.29 is 19.1 Å². The number of alkyl carbamates (subject to hydrolysis) is 1.